The third kappa shape index (κ3) is 4.49. The number of nitrogens with zero attached hydrogens (tertiary/aromatic N) is 5. The molecule has 1 aliphatic rings. The summed E-state index contributed by atoms with van der Waals surface area (Å²) in [7, 11) is 0. The highest BCUT2D eigenvalue weighted by Crippen LogP contribution is 2.33. The highest BCUT2D eigenvalue weighted by atomic mass is 32.1. The second kappa shape index (κ2) is 9.66. The number of rotatable bonds is 6. The van der Waals surface area contributed by atoms with Gasteiger partial charge < -0.3 is 4.74 Å². The number of benzene rings is 2. The average Bonchev–Trinajstić information content (AvgIpc) is 3.44. The fourth-order valence-corrected chi connectivity index (χ4v) is 5.47. The molecule has 0 radical (unpaired) electrons. The van der Waals surface area contributed by atoms with Crippen LogP contribution in [0.3, 0.4) is 0 Å². The Hall–Kier alpha value is -3.07. The number of amides is 1. The molecule has 0 unspecified atom stereocenters. The van der Waals surface area contributed by atoms with E-state index in [0.717, 1.165) is 59.6 Å². The van der Waals surface area contributed by atoms with E-state index in [1.807, 2.05) is 46.8 Å². The monoisotopic (exact) mass is 475 g/mol. The quantitative estimate of drug-likeness (QED) is 0.414. The summed E-state index contributed by atoms with van der Waals surface area (Å²) in [6.07, 6.45) is 1.68. The van der Waals surface area contributed by atoms with E-state index >= 15 is 0 Å². The third-order valence-electron chi connectivity index (χ3n) is 6.27. The Labute approximate surface area is 203 Å². The number of ether oxygens (including phenoxy) is 1. The van der Waals surface area contributed by atoms with Gasteiger partial charge in [-0.1, -0.05) is 35.6 Å². The summed E-state index contributed by atoms with van der Waals surface area (Å²) in [4.78, 5) is 23.0. The first-order chi connectivity index (χ1) is 16.5. The number of hydrogen-bond acceptors (Lipinski definition) is 6. The van der Waals surface area contributed by atoms with Crippen molar-refractivity contribution in [1.82, 2.24) is 19.7 Å². The number of anilines is 1. The first-order valence-electron chi connectivity index (χ1n) is 11.6. The number of morpholine rings is 1. The lowest BCUT2D eigenvalue weighted by Crippen LogP contribution is -2.43. The summed E-state index contributed by atoms with van der Waals surface area (Å²) in [6, 6.07) is 14.1. The Balaban J connectivity index is 1.50. The maximum atomic E-state index is 13.9. The van der Waals surface area contributed by atoms with Gasteiger partial charge in [-0.3, -0.25) is 14.6 Å². The van der Waals surface area contributed by atoms with Crippen molar-refractivity contribution in [3.8, 4) is 5.69 Å². The van der Waals surface area contributed by atoms with Gasteiger partial charge in [0, 0.05) is 26.2 Å². The van der Waals surface area contributed by atoms with Crippen molar-refractivity contribution >= 4 is 32.6 Å². The first-order valence-corrected chi connectivity index (χ1v) is 12.4. The predicted octanol–water partition coefficient (Wildman–Crippen LogP) is 4.39. The van der Waals surface area contributed by atoms with Crippen LogP contribution in [-0.4, -0.2) is 65.0 Å². The van der Waals surface area contributed by atoms with Crippen LogP contribution >= 0.6 is 11.3 Å². The van der Waals surface area contributed by atoms with E-state index in [9.17, 15) is 4.79 Å². The molecule has 2 aromatic heterocycles. The van der Waals surface area contributed by atoms with Crippen molar-refractivity contribution in [2.75, 3.05) is 44.3 Å². The standard InChI is InChI=1S/C26H29N5O2S/c1-18-15-19(2)24-23(16-18)28-26(34-24)30(10-9-29-11-13-33-14-12-29)25(32)22-17-27-31(20(22)3)21-7-5-4-6-8-21/h4-8,15-17H,9-14H2,1-3H3. The Morgan fingerprint density at radius 1 is 1.12 bits per heavy atom. The lowest BCUT2D eigenvalue weighted by Gasteiger charge is -2.29. The van der Waals surface area contributed by atoms with Crippen molar-refractivity contribution < 1.29 is 9.53 Å². The van der Waals surface area contributed by atoms with E-state index < -0.39 is 0 Å². The number of thiazole rings is 1. The third-order valence-corrected chi connectivity index (χ3v) is 7.50. The van der Waals surface area contributed by atoms with Gasteiger partial charge in [-0.25, -0.2) is 9.67 Å². The average molecular weight is 476 g/mol. The molecule has 2 aromatic carbocycles. The van der Waals surface area contributed by atoms with Crippen LogP contribution in [0.5, 0.6) is 0 Å². The van der Waals surface area contributed by atoms with Gasteiger partial charge in [0.1, 0.15) is 0 Å². The molecule has 1 fully saturated rings. The zero-order valence-corrected chi connectivity index (χ0v) is 20.6. The highest BCUT2D eigenvalue weighted by Gasteiger charge is 2.26. The van der Waals surface area contributed by atoms with Crippen LogP contribution in [0.15, 0.2) is 48.7 Å². The summed E-state index contributed by atoms with van der Waals surface area (Å²) in [5, 5.41) is 5.26. The lowest BCUT2D eigenvalue weighted by molar-refractivity contribution is 0.0391. The number of carbonyl (C=O) groups excluding carboxylic acids is 1. The molecule has 0 saturated carbocycles. The number of aromatic nitrogens is 3. The molecule has 1 saturated heterocycles. The van der Waals surface area contributed by atoms with Crippen molar-refractivity contribution in [1.29, 1.82) is 0 Å². The van der Waals surface area contributed by atoms with E-state index in [1.54, 1.807) is 17.5 Å². The zero-order chi connectivity index (χ0) is 23.7. The van der Waals surface area contributed by atoms with Gasteiger partial charge in [0.15, 0.2) is 5.13 Å². The Morgan fingerprint density at radius 3 is 2.65 bits per heavy atom. The maximum absolute atomic E-state index is 13.9. The number of fused-ring (bicyclic) bond motifs is 1. The van der Waals surface area contributed by atoms with Gasteiger partial charge in [0.25, 0.3) is 5.91 Å². The number of para-hydroxylation sites is 1. The van der Waals surface area contributed by atoms with E-state index in [0.29, 0.717) is 12.1 Å². The van der Waals surface area contributed by atoms with E-state index in [-0.39, 0.29) is 5.91 Å². The molecule has 8 heteroatoms. The Kier molecular flexibility index (Phi) is 6.45. The van der Waals surface area contributed by atoms with Gasteiger partial charge in [0.2, 0.25) is 0 Å². The van der Waals surface area contributed by atoms with Crippen molar-refractivity contribution in [3.05, 3.63) is 71.0 Å². The predicted molar refractivity (Wildman–Crippen MR) is 136 cm³/mol. The molecule has 4 aromatic rings. The zero-order valence-electron chi connectivity index (χ0n) is 19.8. The molecule has 3 heterocycles. The topological polar surface area (TPSA) is 63.5 Å². The normalized spacial score (nSPS) is 14.6. The van der Waals surface area contributed by atoms with E-state index in [4.69, 9.17) is 9.72 Å². The molecule has 1 aliphatic heterocycles. The van der Waals surface area contributed by atoms with E-state index in [1.165, 1.54) is 11.1 Å². The largest absolute Gasteiger partial charge is 0.379 e. The molecule has 0 spiro atoms. The van der Waals surface area contributed by atoms with Crippen LogP contribution in [-0.2, 0) is 4.74 Å². The van der Waals surface area contributed by atoms with Crippen molar-refractivity contribution in [2.24, 2.45) is 0 Å². The first kappa shape index (κ1) is 22.7. The minimum absolute atomic E-state index is 0.0682. The molecule has 7 nitrogen and oxygen atoms in total. The molecular formula is C26H29N5O2S. The summed E-state index contributed by atoms with van der Waals surface area (Å²) in [5.74, 6) is -0.0682. The Bertz CT molecular complexity index is 1310. The smallest absolute Gasteiger partial charge is 0.263 e. The SMILES string of the molecule is Cc1cc(C)c2sc(N(CCN3CCOCC3)C(=O)c3cnn(-c4ccccc4)c3C)nc2c1. The second-order valence-corrected chi connectivity index (χ2v) is 9.71. The fraction of sp³-hybridized carbons (Fsp3) is 0.346. The summed E-state index contributed by atoms with van der Waals surface area (Å²) in [5.41, 5.74) is 5.66. The molecule has 0 atom stereocenters. The fourth-order valence-electron chi connectivity index (χ4n) is 4.43. The molecule has 34 heavy (non-hydrogen) atoms. The number of aryl methyl sites for hydroxylation is 2. The van der Waals surface area contributed by atoms with Crippen LogP contribution in [0.25, 0.3) is 15.9 Å². The lowest BCUT2D eigenvalue weighted by atomic mass is 10.1. The summed E-state index contributed by atoms with van der Waals surface area (Å²) < 4.78 is 8.43. The highest BCUT2D eigenvalue weighted by molar-refractivity contribution is 7.22. The van der Waals surface area contributed by atoms with Gasteiger partial charge >= 0.3 is 0 Å². The van der Waals surface area contributed by atoms with Crippen LogP contribution in [0.1, 0.15) is 27.2 Å². The van der Waals surface area contributed by atoms with Crippen LogP contribution in [0, 0.1) is 20.8 Å². The molecule has 176 valence electrons. The Morgan fingerprint density at radius 2 is 1.88 bits per heavy atom. The minimum Gasteiger partial charge on any atom is -0.379 e. The molecule has 0 aliphatic carbocycles. The van der Waals surface area contributed by atoms with Gasteiger partial charge in [-0.15, -0.1) is 0 Å². The van der Waals surface area contributed by atoms with Crippen LogP contribution < -0.4 is 4.90 Å². The molecule has 0 N–H and O–H groups in total. The molecule has 1 amide bonds. The van der Waals surface area contributed by atoms with Gasteiger partial charge in [-0.2, -0.15) is 5.10 Å². The molecular weight excluding hydrogens is 446 g/mol. The summed E-state index contributed by atoms with van der Waals surface area (Å²) >= 11 is 1.58. The molecule has 5 rings (SSSR count). The van der Waals surface area contributed by atoms with Gasteiger partial charge in [0.05, 0.1) is 46.6 Å². The van der Waals surface area contributed by atoms with Crippen LogP contribution in [0.2, 0.25) is 0 Å². The van der Waals surface area contributed by atoms with Gasteiger partial charge in [-0.05, 0) is 50.1 Å². The second-order valence-electron chi connectivity index (χ2n) is 8.73. The number of hydrogen-bond donors (Lipinski definition) is 0. The van der Waals surface area contributed by atoms with Crippen LogP contribution in [0.4, 0.5) is 5.13 Å². The molecule has 0 bridgehead atoms. The number of carbonyl (C=O) groups is 1. The summed E-state index contributed by atoms with van der Waals surface area (Å²) in [6.45, 7) is 10.7. The van der Waals surface area contributed by atoms with E-state index in [2.05, 4.69) is 36.0 Å². The van der Waals surface area contributed by atoms with Crippen molar-refractivity contribution in [2.45, 2.75) is 20.8 Å². The van der Waals surface area contributed by atoms with Crippen molar-refractivity contribution in [3.63, 3.8) is 0 Å². The maximum Gasteiger partial charge on any atom is 0.263 e. The minimum atomic E-state index is -0.0682.